The molecule has 112 valence electrons. The molecule has 4 heteroatoms. The van der Waals surface area contributed by atoms with Gasteiger partial charge in [-0.05, 0) is 38.0 Å². The van der Waals surface area contributed by atoms with Crippen LogP contribution in [-0.4, -0.2) is 39.0 Å². The van der Waals surface area contributed by atoms with Crippen molar-refractivity contribution in [2.75, 3.05) is 26.9 Å². The summed E-state index contributed by atoms with van der Waals surface area (Å²) in [6, 6.07) is 9.45. The van der Waals surface area contributed by atoms with Crippen molar-refractivity contribution in [3.8, 4) is 5.75 Å². The highest BCUT2D eigenvalue weighted by Gasteiger charge is 2.17. The van der Waals surface area contributed by atoms with Gasteiger partial charge in [0.05, 0.1) is 20.3 Å². The SMILES string of the molecule is COc1cccc(C(C)NC(C)CC2COCCN2)c1. The zero-order valence-corrected chi connectivity index (χ0v) is 12.7. The highest BCUT2D eigenvalue weighted by atomic mass is 16.5. The molecule has 3 atom stereocenters. The van der Waals surface area contributed by atoms with Crippen LogP contribution in [0.1, 0.15) is 31.9 Å². The minimum absolute atomic E-state index is 0.310. The molecular formula is C16H26N2O2. The second-order valence-corrected chi connectivity index (χ2v) is 5.53. The van der Waals surface area contributed by atoms with Crippen LogP contribution in [0, 0.1) is 0 Å². The predicted octanol–water partition coefficient (Wildman–Crippen LogP) is 2.11. The lowest BCUT2D eigenvalue weighted by Gasteiger charge is -2.28. The first kappa shape index (κ1) is 15.3. The van der Waals surface area contributed by atoms with Crippen LogP contribution in [0.3, 0.4) is 0 Å². The summed E-state index contributed by atoms with van der Waals surface area (Å²) in [6.45, 7) is 7.03. The van der Waals surface area contributed by atoms with Crippen molar-refractivity contribution in [2.45, 2.75) is 38.4 Å². The first-order chi connectivity index (χ1) is 9.69. The van der Waals surface area contributed by atoms with Gasteiger partial charge in [0.15, 0.2) is 0 Å². The molecule has 0 bridgehead atoms. The average Bonchev–Trinajstić information content (AvgIpc) is 2.48. The molecule has 0 aliphatic carbocycles. The lowest BCUT2D eigenvalue weighted by molar-refractivity contribution is 0.0708. The van der Waals surface area contributed by atoms with Crippen LogP contribution in [0.4, 0.5) is 0 Å². The Hall–Kier alpha value is -1.10. The van der Waals surface area contributed by atoms with Gasteiger partial charge >= 0.3 is 0 Å². The smallest absolute Gasteiger partial charge is 0.119 e. The normalized spacial score (nSPS) is 22.2. The second kappa shape index (κ2) is 7.62. The number of methoxy groups -OCH3 is 1. The lowest BCUT2D eigenvalue weighted by atomic mass is 10.0. The Morgan fingerprint density at radius 2 is 2.30 bits per heavy atom. The molecule has 4 nitrogen and oxygen atoms in total. The number of rotatable bonds is 6. The Labute approximate surface area is 121 Å². The summed E-state index contributed by atoms with van der Waals surface area (Å²) in [5, 5.41) is 7.14. The molecule has 0 amide bonds. The van der Waals surface area contributed by atoms with Crippen LogP contribution in [0.5, 0.6) is 5.75 Å². The quantitative estimate of drug-likeness (QED) is 0.836. The van der Waals surface area contributed by atoms with E-state index in [1.165, 1.54) is 5.56 Å². The van der Waals surface area contributed by atoms with Crippen molar-refractivity contribution < 1.29 is 9.47 Å². The van der Waals surface area contributed by atoms with E-state index in [1.54, 1.807) is 7.11 Å². The minimum Gasteiger partial charge on any atom is -0.497 e. The van der Waals surface area contributed by atoms with Crippen LogP contribution >= 0.6 is 0 Å². The molecule has 1 aromatic rings. The molecule has 1 fully saturated rings. The van der Waals surface area contributed by atoms with E-state index < -0.39 is 0 Å². The van der Waals surface area contributed by atoms with Crippen LogP contribution in [0.2, 0.25) is 0 Å². The molecule has 3 unspecified atom stereocenters. The summed E-state index contributed by atoms with van der Waals surface area (Å²) in [5.41, 5.74) is 1.25. The number of nitrogens with one attached hydrogen (secondary N) is 2. The molecule has 0 aromatic heterocycles. The van der Waals surface area contributed by atoms with E-state index in [9.17, 15) is 0 Å². The highest BCUT2D eigenvalue weighted by Crippen LogP contribution is 2.19. The number of benzene rings is 1. The van der Waals surface area contributed by atoms with E-state index in [2.05, 4.69) is 36.6 Å². The van der Waals surface area contributed by atoms with Gasteiger partial charge in [0.2, 0.25) is 0 Å². The van der Waals surface area contributed by atoms with Crippen LogP contribution in [0.25, 0.3) is 0 Å². The van der Waals surface area contributed by atoms with E-state index in [0.717, 1.165) is 31.9 Å². The molecule has 20 heavy (non-hydrogen) atoms. The Bertz CT molecular complexity index is 405. The maximum atomic E-state index is 5.50. The number of ether oxygens (including phenoxy) is 2. The topological polar surface area (TPSA) is 42.5 Å². The summed E-state index contributed by atoms with van der Waals surface area (Å²) >= 11 is 0. The Kier molecular flexibility index (Phi) is 5.83. The minimum atomic E-state index is 0.310. The second-order valence-electron chi connectivity index (χ2n) is 5.53. The van der Waals surface area contributed by atoms with Gasteiger partial charge in [0.1, 0.15) is 5.75 Å². The molecule has 2 rings (SSSR count). The van der Waals surface area contributed by atoms with Crippen molar-refractivity contribution in [3.05, 3.63) is 29.8 Å². The standard InChI is InChI=1S/C16H26N2O2/c1-12(9-15-11-20-8-7-17-15)18-13(2)14-5-4-6-16(10-14)19-3/h4-6,10,12-13,15,17-18H,7-9,11H2,1-3H3. The molecule has 1 aliphatic heterocycles. The monoisotopic (exact) mass is 278 g/mol. The van der Waals surface area contributed by atoms with Gasteiger partial charge in [0, 0.05) is 24.7 Å². The average molecular weight is 278 g/mol. The zero-order valence-electron chi connectivity index (χ0n) is 12.7. The van der Waals surface area contributed by atoms with E-state index >= 15 is 0 Å². The van der Waals surface area contributed by atoms with Crippen LogP contribution < -0.4 is 15.4 Å². The van der Waals surface area contributed by atoms with E-state index in [0.29, 0.717) is 18.1 Å². The molecule has 0 saturated carbocycles. The van der Waals surface area contributed by atoms with Crippen LogP contribution in [-0.2, 0) is 4.74 Å². The van der Waals surface area contributed by atoms with E-state index in [1.807, 2.05) is 12.1 Å². The van der Waals surface area contributed by atoms with E-state index in [4.69, 9.17) is 9.47 Å². The first-order valence-corrected chi connectivity index (χ1v) is 7.40. The van der Waals surface area contributed by atoms with Crippen molar-refractivity contribution in [2.24, 2.45) is 0 Å². The Morgan fingerprint density at radius 1 is 1.45 bits per heavy atom. The van der Waals surface area contributed by atoms with Crippen LogP contribution in [0.15, 0.2) is 24.3 Å². The molecule has 0 spiro atoms. The van der Waals surface area contributed by atoms with Gasteiger partial charge in [0.25, 0.3) is 0 Å². The highest BCUT2D eigenvalue weighted by molar-refractivity contribution is 5.30. The molecule has 1 aromatic carbocycles. The lowest BCUT2D eigenvalue weighted by Crippen LogP contribution is -2.45. The maximum absolute atomic E-state index is 5.50. The largest absolute Gasteiger partial charge is 0.497 e. The summed E-state index contributed by atoms with van der Waals surface area (Å²) in [4.78, 5) is 0. The number of morpholine rings is 1. The third-order valence-electron chi connectivity index (χ3n) is 3.76. The molecule has 1 saturated heterocycles. The van der Waals surface area contributed by atoms with Gasteiger partial charge in [-0.25, -0.2) is 0 Å². The summed E-state index contributed by atoms with van der Waals surface area (Å²) < 4.78 is 10.8. The Morgan fingerprint density at radius 3 is 3.00 bits per heavy atom. The van der Waals surface area contributed by atoms with Gasteiger partial charge in [-0.1, -0.05) is 12.1 Å². The zero-order chi connectivity index (χ0) is 14.4. The molecule has 1 aliphatic rings. The van der Waals surface area contributed by atoms with Gasteiger partial charge in [-0.2, -0.15) is 0 Å². The maximum Gasteiger partial charge on any atom is 0.119 e. The molecular weight excluding hydrogens is 252 g/mol. The molecule has 0 radical (unpaired) electrons. The fourth-order valence-corrected chi connectivity index (χ4v) is 2.70. The van der Waals surface area contributed by atoms with Gasteiger partial charge in [-0.15, -0.1) is 0 Å². The fraction of sp³-hybridized carbons (Fsp3) is 0.625. The summed E-state index contributed by atoms with van der Waals surface area (Å²) in [7, 11) is 1.70. The van der Waals surface area contributed by atoms with Crippen molar-refractivity contribution >= 4 is 0 Å². The van der Waals surface area contributed by atoms with Gasteiger partial charge in [-0.3, -0.25) is 0 Å². The fourth-order valence-electron chi connectivity index (χ4n) is 2.70. The third-order valence-corrected chi connectivity index (χ3v) is 3.76. The van der Waals surface area contributed by atoms with Crippen molar-refractivity contribution in [1.29, 1.82) is 0 Å². The summed E-state index contributed by atoms with van der Waals surface area (Å²) in [6.07, 6.45) is 1.08. The molecule has 2 N–H and O–H groups in total. The van der Waals surface area contributed by atoms with Crippen molar-refractivity contribution in [1.82, 2.24) is 10.6 Å². The summed E-state index contributed by atoms with van der Waals surface area (Å²) in [5.74, 6) is 0.908. The first-order valence-electron chi connectivity index (χ1n) is 7.40. The van der Waals surface area contributed by atoms with Gasteiger partial charge < -0.3 is 20.1 Å². The van der Waals surface area contributed by atoms with E-state index in [-0.39, 0.29) is 0 Å². The number of hydrogen-bond donors (Lipinski definition) is 2. The number of hydrogen-bond acceptors (Lipinski definition) is 4. The predicted molar refractivity (Wildman–Crippen MR) is 81.2 cm³/mol. The Balaban J connectivity index is 1.84. The van der Waals surface area contributed by atoms with Crippen molar-refractivity contribution in [3.63, 3.8) is 0 Å². The third kappa shape index (κ3) is 4.47. The molecule has 1 heterocycles.